The molecule has 0 aliphatic carbocycles. The summed E-state index contributed by atoms with van der Waals surface area (Å²) in [7, 11) is 0. The van der Waals surface area contributed by atoms with Crippen LogP contribution in [0.3, 0.4) is 0 Å². The minimum Gasteiger partial charge on any atom is -0.375 e. The molecule has 7 heteroatoms. The second kappa shape index (κ2) is 5.63. The Hall–Kier alpha value is -1.63. The Bertz CT molecular complexity index is 649. The first-order valence-corrected chi connectivity index (χ1v) is 7.07. The van der Waals surface area contributed by atoms with Gasteiger partial charge in [0.05, 0.1) is 28.0 Å². The normalized spacial score (nSPS) is 13.3. The molecule has 0 aliphatic rings. The molecule has 1 atom stereocenters. The predicted molar refractivity (Wildman–Crippen MR) is 75.0 cm³/mol. The Kier molecular flexibility index (Phi) is 4.22. The highest BCUT2D eigenvalue weighted by Gasteiger charge is 2.31. The standard InChI is InChI=1S/C14H14F4N2S/c1-7(13-8(2)21-9(3)20-13)19-12-6-10(14(16,17)18)4-5-11(12)15/h4-7,19H,1-3H3. The molecule has 1 aromatic carbocycles. The van der Waals surface area contributed by atoms with Crippen LogP contribution < -0.4 is 5.32 Å². The quantitative estimate of drug-likeness (QED) is 0.797. The number of anilines is 1. The summed E-state index contributed by atoms with van der Waals surface area (Å²) in [6.45, 7) is 5.46. The third-order valence-corrected chi connectivity index (χ3v) is 3.92. The van der Waals surface area contributed by atoms with Crippen molar-refractivity contribution in [1.82, 2.24) is 4.98 Å². The van der Waals surface area contributed by atoms with Crippen LogP contribution in [0.15, 0.2) is 18.2 Å². The second-order valence-electron chi connectivity index (χ2n) is 4.73. The first kappa shape index (κ1) is 15.8. The molecule has 0 bridgehead atoms. The van der Waals surface area contributed by atoms with Gasteiger partial charge >= 0.3 is 6.18 Å². The number of alkyl halides is 3. The Labute approximate surface area is 123 Å². The zero-order valence-corrected chi connectivity index (χ0v) is 12.5. The van der Waals surface area contributed by atoms with Gasteiger partial charge in [-0.05, 0) is 39.0 Å². The molecule has 2 nitrogen and oxygen atoms in total. The molecule has 0 saturated carbocycles. The Balaban J connectivity index is 2.28. The summed E-state index contributed by atoms with van der Waals surface area (Å²) in [4.78, 5) is 5.28. The first-order chi connectivity index (χ1) is 9.68. The van der Waals surface area contributed by atoms with Crippen molar-refractivity contribution >= 4 is 17.0 Å². The molecule has 1 heterocycles. The molecule has 0 amide bonds. The molecule has 1 aromatic heterocycles. The van der Waals surface area contributed by atoms with E-state index in [1.54, 1.807) is 6.92 Å². The van der Waals surface area contributed by atoms with Gasteiger partial charge in [0, 0.05) is 4.88 Å². The molecule has 2 rings (SSSR count). The molecular formula is C14H14F4N2S. The van der Waals surface area contributed by atoms with E-state index in [1.807, 2.05) is 13.8 Å². The van der Waals surface area contributed by atoms with Crippen molar-refractivity contribution in [3.05, 3.63) is 45.2 Å². The molecule has 0 radical (unpaired) electrons. The van der Waals surface area contributed by atoms with Crippen molar-refractivity contribution in [2.75, 3.05) is 5.32 Å². The van der Waals surface area contributed by atoms with Crippen LogP contribution >= 0.6 is 11.3 Å². The highest BCUT2D eigenvalue weighted by atomic mass is 32.1. The zero-order chi connectivity index (χ0) is 15.8. The zero-order valence-electron chi connectivity index (χ0n) is 11.7. The van der Waals surface area contributed by atoms with Gasteiger partial charge in [-0.15, -0.1) is 11.3 Å². The van der Waals surface area contributed by atoms with Crippen LogP contribution in [0.4, 0.5) is 23.2 Å². The van der Waals surface area contributed by atoms with E-state index in [1.165, 1.54) is 11.3 Å². The number of nitrogens with zero attached hydrogens (tertiary/aromatic N) is 1. The number of halogens is 4. The van der Waals surface area contributed by atoms with Gasteiger partial charge in [0.25, 0.3) is 0 Å². The van der Waals surface area contributed by atoms with Gasteiger partial charge in [0.2, 0.25) is 0 Å². The highest BCUT2D eigenvalue weighted by molar-refractivity contribution is 7.11. The summed E-state index contributed by atoms with van der Waals surface area (Å²) >= 11 is 1.49. The number of benzene rings is 1. The summed E-state index contributed by atoms with van der Waals surface area (Å²) < 4.78 is 51.7. The minimum absolute atomic E-state index is 0.178. The van der Waals surface area contributed by atoms with Crippen molar-refractivity contribution in [3.8, 4) is 0 Å². The number of hydrogen-bond acceptors (Lipinski definition) is 3. The van der Waals surface area contributed by atoms with E-state index in [2.05, 4.69) is 10.3 Å². The topological polar surface area (TPSA) is 24.9 Å². The van der Waals surface area contributed by atoms with Gasteiger partial charge in [0.15, 0.2) is 0 Å². The summed E-state index contributed by atoms with van der Waals surface area (Å²) in [5.74, 6) is -0.723. The summed E-state index contributed by atoms with van der Waals surface area (Å²) in [6.07, 6.45) is -4.50. The molecule has 0 aliphatic heterocycles. The van der Waals surface area contributed by atoms with Crippen LogP contribution in [0.1, 0.15) is 34.1 Å². The number of nitrogens with one attached hydrogen (secondary N) is 1. The number of rotatable bonds is 3. The summed E-state index contributed by atoms with van der Waals surface area (Å²) in [5.41, 5.74) is -0.346. The maximum atomic E-state index is 13.7. The smallest absolute Gasteiger partial charge is 0.375 e. The van der Waals surface area contributed by atoms with Gasteiger partial charge in [-0.25, -0.2) is 9.37 Å². The lowest BCUT2D eigenvalue weighted by Crippen LogP contribution is -2.12. The predicted octanol–water partition coefficient (Wildman–Crippen LogP) is 5.09. The average Bonchev–Trinajstić information content (AvgIpc) is 2.70. The third kappa shape index (κ3) is 3.53. The average molecular weight is 318 g/mol. The molecule has 21 heavy (non-hydrogen) atoms. The lowest BCUT2D eigenvalue weighted by atomic mass is 10.1. The maximum Gasteiger partial charge on any atom is 0.416 e. The van der Waals surface area contributed by atoms with E-state index in [0.717, 1.165) is 28.1 Å². The van der Waals surface area contributed by atoms with E-state index in [0.29, 0.717) is 5.69 Å². The molecule has 0 spiro atoms. The van der Waals surface area contributed by atoms with Gasteiger partial charge in [0.1, 0.15) is 5.82 Å². The van der Waals surface area contributed by atoms with Crippen molar-refractivity contribution in [1.29, 1.82) is 0 Å². The molecule has 1 N–H and O–H groups in total. The second-order valence-corrected chi connectivity index (χ2v) is 6.14. The van der Waals surface area contributed by atoms with Gasteiger partial charge < -0.3 is 5.32 Å². The first-order valence-electron chi connectivity index (χ1n) is 6.25. The number of aromatic nitrogens is 1. The van der Waals surface area contributed by atoms with Crippen molar-refractivity contribution in [3.63, 3.8) is 0 Å². The van der Waals surface area contributed by atoms with Crippen LogP contribution in [0.25, 0.3) is 0 Å². The molecule has 0 saturated heterocycles. The van der Waals surface area contributed by atoms with E-state index in [9.17, 15) is 17.6 Å². The Morgan fingerprint density at radius 3 is 2.43 bits per heavy atom. The fourth-order valence-corrected chi connectivity index (χ4v) is 2.97. The van der Waals surface area contributed by atoms with E-state index < -0.39 is 17.6 Å². The van der Waals surface area contributed by atoms with Crippen molar-refractivity contribution in [2.45, 2.75) is 33.0 Å². The largest absolute Gasteiger partial charge is 0.416 e. The lowest BCUT2D eigenvalue weighted by molar-refractivity contribution is -0.137. The number of aryl methyl sites for hydroxylation is 2. The van der Waals surface area contributed by atoms with Crippen LogP contribution in [-0.2, 0) is 6.18 Å². The van der Waals surface area contributed by atoms with Gasteiger partial charge in [-0.3, -0.25) is 0 Å². The molecule has 1 unspecified atom stereocenters. The minimum atomic E-state index is -4.50. The van der Waals surface area contributed by atoms with Crippen LogP contribution in [0, 0.1) is 19.7 Å². The number of hydrogen-bond donors (Lipinski definition) is 1. The molecule has 114 valence electrons. The van der Waals surface area contributed by atoms with Crippen LogP contribution in [0.5, 0.6) is 0 Å². The van der Waals surface area contributed by atoms with Crippen LogP contribution in [-0.4, -0.2) is 4.98 Å². The van der Waals surface area contributed by atoms with E-state index >= 15 is 0 Å². The van der Waals surface area contributed by atoms with E-state index in [4.69, 9.17) is 0 Å². The van der Waals surface area contributed by atoms with Crippen molar-refractivity contribution in [2.24, 2.45) is 0 Å². The third-order valence-electron chi connectivity index (χ3n) is 3.02. The highest BCUT2D eigenvalue weighted by Crippen LogP contribution is 2.33. The molecule has 2 aromatic rings. The fourth-order valence-electron chi connectivity index (χ4n) is 2.06. The number of thiazole rings is 1. The van der Waals surface area contributed by atoms with Crippen LogP contribution in [0.2, 0.25) is 0 Å². The molecule has 0 fully saturated rings. The summed E-state index contributed by atoms with van der Waals surface area (Å²) in [5, 5.41) is 3.62. The lowest BCUT2D eigenvalue weighted by Gasteiger charge is -2.16. The Morgan fingerprint density at radius 2 is 1.90 bits per heavy atom. The fraction of sp³-hybridized carbons (Fsp3) is 0.357. The van der Waals surface area contributed by atoms with E-state index in [-0.39, 0.29) is 11.7 Å². The SMILES string of the molecule is Cc1nc(C(C)Nc2cc(C(F)(F)F)ccc2F)c(C)s1. The van der Waals surface area contributed by atoms with Gasteiger partial charge in [-0.2, -0.15) is 13.2 Å². The van der Waals surface area contributed by atoms with Crippen molar-refractivity contribution < 1.29 is 17.6 Å². The summed E-state index contributed by atoms with van der Waals surface area (Å²) in [6, 6.07) is 1.94. The Morgan fingerprint density at radius 1 is 1.24 bits per heavy atom. The monoisotopic (exact) mass is 318 g/mol. The maximum absolute atomic E-state index is 13.7. The van der Waals surface area contributed by atoms with Gasteiger partial charge in [-0.1, -0.05) is 0 Å². The molecular weight excluding hydrogens is 304 g/mol.